The van der Waals surface area contributed by atoms with E-state index in [-0.39, 0.29) is 6.04 Å². The van der Waals surface area contributed by atoms with Crippen LogP contribution in [0.3, 0.4) is 0 Å². The molecule has 0 aliphatic heterocycles. The molecule has 0 aromatic heterocycles. The molecule has 0 spiro atoms. The molecule has 21 heavy (non-hydrogen) atoms. The molecule has 0 heterocycles. The van der Waals surface area contributed by atoms with Crippen molar-refractivity contribution in [3.63, 3.8) is 0 Å². The molecule has 0 amide bonds. The number of sulfonamides is 1. The SMILES string of the molecule is COCCN(C1CC1)S(=O)(=O)c1cc(CN)cc(C)c1C. The average Bonchev–Trinajstić information content (AvgIpc) is 3.26. The van der Waals surface area contributed by atoms with E-state index in [9.17, 15) is 8.42 Å². The third kappa shape index (κ3) is 3.45. The molecule has 1 fully saturated rings. The molecule has 0 bridgehead atoms. The molecule has 0 saturated heterocycles. The molecule has 1 aromatic rings. The van der Waals surface area contributed by atoms with E-state index in [1.807, 2.05) is 19.9 Å². The highest BCUT2D eigenvalue weighted by atomic mass is 32.2. The predicted octanol–water partition coefficient (Wildman–Crippen LogP) is 1.56. The lowest BCUT2D eigenvalue weighted by molar-refractivity contribution is 0.177. The monoisotopic (exact) mass is 312 g/mol. The topological polar surface area (TPSA) is 72.6 Å². The second kappa shape index (κ2) is 6.44. The molecular formula is C15H24N2O3S. The Morgan fingerprint density at radius 2 is 2.00 bits per heavy atom. The number of aryl methyl sites for hydroxylation is 1. The second-order valence-electron chi connectivity index (χ2n) is 5.58. The van der Waals surface area contributed by atoms with Crippen LogP contribution in [0, 0.1) is 13.8 Å². The van der Waals surface area contributed by atoms with Crippen LogP contribution in [0.25, 0.3) is 0 Å². The maximum atomic E-state index is 13.0. The van der Waals surface area contributed by atoms with E-state index < -0.39 is 10.0 Å². The first-order valence-electron chi connectivity index (χ1n) is 7.22. The van der Waals surface area contributed by atoms with E-state index in [0.717, 1.165) is 29.5 Å². The third-order valence-electron chi connectivity index (χ3n) is 3.97. The number of nitrogens with zero attached hydrogens (tertiary/aromatic N) is 1. The van der Waals surface area contributed by atoms with Gasteiger partial charge in [-0.15, -0.1) is 0 Å². The van der Waals surface area contributed by atoms with Gasteiger partial charge in [-0.05, 0) is 49.4 Å². The number of hydrogen-bond donors (Lipinski definition) is 1. The molecule has 1 aliphatic carbocycles. The Morgan fingerprint density at radius 1 is 1.33 bits per heavy atom. The van der Waals surface area contributed by atoms with Gasteiger partial charge in [0.05, 0.1) is 11.5 Å². The maximum Gasteiger partial charge on any atom is 0.243 e. The van der Waals surface area contributed by atoms with Gasteiger partial charge in [-0.3, -0.25) is 0 Å². The van der Waals surface area contributed by atoms with Gasteiger partial charge in [0, 0.05) is 26.2 Å². The molecular weight excluding hydrogens is 288 g/mol. The summed E-state index contributed by atoms with van der Waals surface area (Å²) in [5.74, 6) is 0. The summed E-state index contributed by atoms with van der Waals surface area (Å²) in [7, 11) is -1.91. The van der Waals surface area contributed by atoms with E-state index in [0.29, 0.717) is 24.6 Å². The average molecular weight is 312 g/mol. The Bertz CT molecular complexity index is 610. The van der Waals surface area contributed by atoms with Crippen molar-refractivity contribution in [2.45, 2.75) is 44.2 Å². The summed E-state index contributed by atoms with van der Waals surface area (Å²) in [5.41, 5.74) is 8.29. The van der Waals surface area contributed by atoms with Crippen molar-refractivity contribution in [2.24, 2.45) is 5.73 Å². The Labute approximate surface area is 127 Å². The molecule has 2 rings (SSSR count). The third-order valence-corrected chi connectivity index (χ3v) is 6.05. The van der Waals surface area contributed by atoms with E-state index in [1.165, 1.54) is 0 Å². The Morgan fingerprint density at radius 3 is 2.52 bits per heavy atom. The van der Waals surface area contributed by atoms with Gasteiger partial charge in [-0.2, -0.15) is 4.31 Å². The number of hydrogen-bond acceptors (Lipinski definition) is 4. The van der Waals surface area contributed by atoms with Crippen molar-refractivity contribution < 1.29 is 13.2 Å². The van der Waals surface area contributed by atoms with Gasteiger partial charge in [0.1, 0.15) is 0 Å². The summed E-state index contributed by atoms with van der Waals surface area (Å²) in [6, 6.07) is 3.77. The fourth-order valence-electron chi connectivity index (χ4n) is 2.45. The summed E-state index contributed by atoms with van der Waals surface area (Å²) >= 11 is 0. The first-order chi connectivity index (χ1) is 9.91. The zero-order valence-corrected chi connectivity index (χ0v) is 13.7. The second-order valence-corrected chi connectivity index (χ2v) is 7.44. The molecule has 118 valence electrons. The fourth-order valence-corrected chi connectivity index (χ4v) is 4.47. The predicted molar refractivity (Wildman–Crippen MR) is 82.6 cm³/mol. The highest BCUT2D eigenvalue weighted by Crippen LogP contribution is 2.33. The van der Waals surface area contributed by atoms with Crippen molar-refractivity contribution in [1.82, 2.24) is 4.31 Å². The minimum atomic E-state index is -3.50. The van der Waals surface area contributed by atoms with Gasteiger partial charge in [0.2, 0.25) is 10.0 Å². The van der Waals surface area contributed by atoms with E-state index in [4.69, 9.17) is 10.5 Å². The molecule has 6 heteroatoms. The molecule has 0 unspecified atom stereocenters. The minimum Gasteiger partial charge on any atom is -0.383 e. The van der Waals surface area contributed by atoms with Crippen LogP contribution in [-0.2, 0) is 21.3 Å². The Kier molecular flexibility index (Phi) is 5.03. The summed E-state index contributed by atoms with van der Waals surface area (Å²) < 4.78 is 32.6. The molecule has 2 N–H and O–H groups in total. The minimum absolute atomic E-state index is 0.117. The van der Waals surface area contributed by atoms with Crippen LogP contribution < -0.4 is 5.73 Å². The van der Waals surface area contributed by atoms with Crippen molar-refractivity contribution in [3.8, 4) is 0 Å². The number of ether oxygens (including phenoxy) is 1. The van der Waals surface area contributed by atoms with Gasteiger partial charge < -0.3 is 10.5 Å². The maximum absolute atomic E-state index is 13.0. The van der Waals surface area contributed by atoms with Crippen LogP contribution in [0.15, 0.2) is 17.0 Å². The molecule has 0 radical (unpaired) electrons. The summed E-state index contributed by atoms with van der Waals surface area (Å²) in [6.07, 6.45) is 1.86. The smallest absolute Gasteiger partial charge is 0.243 e. The van der Waals surface area contributed by atoms with Gasteiger partial charge >= 0.3 is 0 Å². The van der Waals surface area contributed by atoms with Crippen LogP contribution in [0.4, 0.5) is 0 Å². The normalized spacial score (nSPS) is 15.7. The van der Waals surface area contributed by atoms with Gasteiger partial charge in [-0.1, -0.05) is 6.07 Å². The first-order valence-corrected chi connectivity index (χ1v) is 8.66. The van der Waals surface area contributed by atoms with Crippen LogP contribution in [0.1, 0.15) is 29.5 Å². The van der Waals surface area contributed by atoms with Crippen LogP contribution >= 0.6 is 0 Å². The number of benzene rings is 1. The van der Waals surface area contributed by atoms with Gasteiger partial charge in [0.15, 0.2) is 0 Å². The zero-order chi connectivity index (χ0) is 15.6. The van der Waals surface area contributed by atoms with Crippen molar-refractivity contribution in [3.05, 3.63) is 28.8 Å². The quantitative estimate of drug-likeness (QED) is 0.829. The van der Waals surface area contributed by atoms with E-state index in [2.05, 4.69) is 0 Å². The molecule has 1 saturated carbocycles. The largest absolute Gasteiger partial charge is 0.383 e. The van der Waals surface area contributed by atoms with E-state index >= 15 is 0 Å². The molecule has 0 atom stereocenters. The number of rotatable bonds is 7. The first kappa shape index (κ1) is 16.4. The Hall–Kier alpha value is -0.950. The number of methoxy groups -OCH3 is 1. The number of nitrogens with two attached hydrogens (primary N) is 1. The lowest BCUT2D eigenvalue weighted by Gasteiger charge is -2.23. The van der Waals surface area contributed by atoms with Crippen LogP contribution in [0.2, 0.25) is 0 Å². The van der Waals surface area contributed by atoms with E-state index in [1.54, 1.807) is 17.5 Å². The Balaban J connectivity index is 2.44. The highest BCUT2D eigenvalue weighted by molar-refractivity contribution is 7.89. The van der Waals surface area contributed by atoms with Crippen molar-refractivity contribution in [1.29, 1.82) is 0 Å². The van der Waals surface area contributed by atoms with Gasteiger partial charge in [0.25, 0.3) is 0 Å². The summed E-state index contributed by atoms with van der Waals surface area (Å²) in [5, 5.41) is 0. The summed E-state index contributed by atoms with van der Waals surface area (Å²) in [6.45, 7) is 4.92. The fraction of sp³-hybridized carbons (Fsp3) is 0.600. The zero-order valence-electron chi connectivity index (χ0n) is 12.9. The van der Waals surface area contributed by atoms with Crippen LogP contribution in [-0.4, -0.2) is 39.0 Å². The van der Waals surface area contributed by atoms with Crippen molar-refractivity contribution >= 4 is 10.0 Å². The lowest BCUT2D eigenvalue weighted by Crippen LogP contribution is -2.36. The highest BCUT2D eigenvalue weighted by Gasteiger charge is 2.38. The van der Waals surface area contributed by atoms with Crippen molar-refractivity contribution in [2.75, 3.05) is 20.3 Å². The molecule has 1 aromatic carbocycles. The van der Waals surface area contributed by atoms with Crippen LogP contribution in [0.5, 0.6) is 0 Å². The molecule has 5 nitrogen and oxygen atoms in total. The van der Waals surface area contributed by atoms with Gasteiger partial charge in [-0.25, -0.2) is 8.42 Å². The molecule has 1 aliphatic rings. The standard InChI is InChI=1S/C15H24N2O3S/c1-11-8-13(10-16)9-15(12(11)2)21(18,19)17(6-7-20-3)14-4-5-14/h8-9,14H,4-7,10,16H2,1-3H3. The lowest BCUT2D eigenvalue weighted by atomic mass is 10.1. The summed E-state index contributed by atoms with van der Waals surface area (Å²) in [4.78, 5) is 0.381.